The Bertz CT molecular complexity index is 1130. The molecule has 4 rings (SSSR count). The molecule has 1 N–H and O–H groups in total. The van der Waals surface area contributed by atoms with Crippen LogP contribution in [0.1, 0.15) is 43.0 Å². The van der Waals surface area contributed by atoms with Crippen LogP contribution in [0.2, 0.25) is 5.02 Å². The Morgan fingerprint density at radius 1 is 0.970 bits per heavy atom. The average molecular weight is 457 g/mol. The number of nitrogens with zero attached hydrogens (tertiary/aromatic N) is 2. The second-order valence-electron chi connectivity index (χ2n) is 8.59. The molecule has 0 amide bonds. The molecule has 1 fully saturated rings. The second kappa shape index (κ2) is 10.8. The minimum Gasteiger partial charge on any atom is -0.390 e. The zero-order chi connectivity index (χ0) is 23.1. The van der Waals surface area contributed by atoms with Crippen molar-refractivity contribution in [1.82, 2.24) is 9.88 Å². The van der Waals surface area contributed by atoms with E-state index >= 15 is 0 Å². The molecule has 1 aliphatic rings. The SMILES string of the molecule is CCC1(O)CCN(CC=Cc2ccc(C#Cc3ccc(-c4ccc(Cl)cc4)cn3)cc2)CC1. The summed E-state index contributed by atoms with van der Waals surface area (Å²) in [5, 5.41) is 11.1. The van der Waals surface area contributed by atoms with Crippen molar-refractivity contribution in [3.05, 3.63) is 94.8 Å². The van der Waals surface area contributed by atoms with Crippen LogP contribution in [0.3, 0.4) is 0 Å². The number of aliphatic hydroxyl groups is 1. The first-order valence-electron chi connectivity index (χ1n) is 11.5. The number of halogens is 1. The number of pyridine rings is 1. The van der Waals surface area contributed by atoms with E-state index in [2.05, 4.69) is 52.9 Å². The van der Waals surface area contributed by atoms with E-state index in [-0.39, 0.29) is 0 Å². The van der Waals surface area contributed by atoms with E-state index in [0.717, 1.165) is 71.9 Å². The maximum atomic E-state index is 10.3. The van der Waals surface area contributed by atoms with Crippen LogP contribution < -0.4 is 0 Å². The van der Waals surface area contributed by atoms with E-state index < -0.39 is 5.60 Å². The minimum atomic E-state index is -0.453. The van der Waals surface area contributed by atoms with E-state index in [4.69, 9.17) is 11.6 Å². The van der Waals surface area contributed by atoms with Crippen molar-refractivity contribution in [3.8, 4) is 23.0 Å². The zero-order valence-electron chi connectivity index (χ0n) is 19.0. The molecule has 1 saturated heterocycles. The van der Waals surface area contributed by atoms with E-state index in [1.54, 1.807) is 0 Å². The van der Waals surface area contributed by atoms with Gasteiger partial charge in [-0.2, -0.15) is 0 Å². The highest BCUT2D eigenvalue weighted by molar-refractivity contribution is 6.30. The van der Waals surface area contributed by atoms with Gasteiger partial charge in [-0.05, 0) is 66.6 Å². The van der Waals surface area contributed by atoms with Gasteiger partial charge in [0.25, 0.3) is 0 Å². The molecule has 0 spiro atoms. The Labute approximate surface area is 201 Å². The molecule has 0 radical (unpaired) electrons. The standard InChI is InChI=1S/C29H29ClN2O/c1-2-29(33)17-20-32(21-18-29)19-3-4-23-5-7-24(8-6-23)9-15-28-16-12-26(22-31-28)25-10-13-27(30)14-11-25/h3-8,10-14,16,22,33H,2,17-21H2,1H3. The molecule has 0 saturated carbocycles. The molecule has 4 heteroatoms. The lowest BCUT2D eigenvalue weighted by atomic mass is 9.89. The molecule has 0 atom stereocenters. The number of benzene rings is 2. The lowest BCUT2D eigenvalue weighted by Gasteiger charge is -2.37. The van der Waals surface area contributed by atoms with Gasteiger partial charge < -0.3 is 5.11 Å². The predicted octanol–water partition coefficient (Wildman–Crippen LogP) is 6.05. The van der Waals surface area contributed by atoms with Gasteiger partial charge in [0.1, 0.15) is 5.69 Å². The third-order valence-electron chi connectivity index (χ3n) is 6.31. The van der Waals surface area contributed by atoms with Crippen LogP contribution in [-0.2, 0) is 0 Å². The van der Waals surface area contributed by atoms with Gasteiger partial charge in [0.05, 0.1) is 5.60 Å². The summed E-state index contributed by atoms with van der Waals surface area (Å²) in [6.45, 7) is 4.90. The Hall–Kier alpha value is -2.90. The molecule has 3 aromatic rings. The highest BCUT2D eigenvalue weighted by Gasteiger charge is 2.29. The van der Waals surface area contributed by atoms with Crippen LogP contribution in [0.4, 0.5) is 0 Å². The zero-order valence-corrected chi connectivity index (χ0v) is 19.7. The quantitative estimate of drug-likeness (QED) is 0.474. The maximum absolute atomic E-state index is 10.3. The molecule has 2 heterocycles. The van der Waals surface area contributed by atoms with Gasteiger partial charge in [-0.15, -0.1) is 0 Å². The van der Waals surface area contributed by atoms with Crippen LogP contribution in [0, 0.1) is 11.8 Å². The maximum Gasteiger partial charge on any atom is 0.113 e. The van der Waals surface area contributed by atoms with Crippen LogP contribution >= 0.6 is 11.6 Å². The van der Waals surface area contributed by atoms with Gasteiger partial charge in [0.2, 0.25) is 0 Å². The Kier molecular flexibility index (Phi) is 7.62. The van der Waals surface area contributed by atoms with E-state index in [0.29, 0.717) is 0 Å². The molecule has 0 aliphatic carbocycles. The van der Waals surface area contributed by atoms with Gasteiger partial charge in [-0.3, -0.25) is 4.90 Å². The number of hydrogen-bond acceptors (Lipinski definition) is 3. The Balaban J connectivity index is 1.30. The number of aromatic nitrogens is 1. The fourth-order valence-corrected chi connectivity index (χ4v) is 4.06. The number of piperidine rings is 1. The van der Waals surface area contributed by atoms with Crippen molar-refractivity contribution < 1.29 is 5.11 Å². The summed E-state index contributed by atoms with van der Waals surface area (Å²) in [5.41, 5.74) is 4.54. The molecule has 2 aromatic carbocycles. The highest BCUT2D eigenvalue weighted by atomic mass is 35.5. The third-order valence-corrected chi connectivity index (χ3v) is 6.56. The summed E-state index contributed by atoms with van der Waals surface area (Å²) in [4.78, 5) is 6.87. The smallest absolute Gasteiger partial charge is 0.113 e. The van der Waals surface area contributed by atoms with Crippen molar-refractivity contribution in [2.45, 2.75) is 31.8 Å². The van der Waals surface area contributed by atoms with Crippen LogP contribution in [-0.4, -0.2) is 40.2 Å². The largest absolute Gasteiger partial charge is 0.390 e. The lowest BCUT2D eigenvalue weighted by Crippen LogP contribution is -2.43. The van der Waals surface area contributed by atoms with Crippen molar-refractivity contribution in [1.29, 1.82) is 0 Å². The van der Waals surface area contributed by atoms with E-state index in [1.807, 2.05) is 54.7 Å². The number of hydrogen-bond donors (Lipinski definition) is 1. The summed E-state index contributed by atoms with van der Waals surface area (Å²) < 4.78 is 0. The van der Waals surface area contributed by atoms with Gasteiger partial charge in [0.15, 0.2) is 0 Å². The summed E-state index contributed by atoms with van der Waals surface area (Å²) in [7, 11) is 0. The molecular weight excluding hydrogens is 428 g/mol. The summed E-state index contributed by atoms with van der Waals surface area (Å²) >= 11 is 5.96. The van der Waals surface area contributed by atoms with Crippen molar-refractivity contribution >= 4 is 17.7 Å². The monoisotopic (exact) mass is 456 g/mol. The molecule has 0 unspecified atom stereocenters. The highest BCUT2D eigenvalue weighted by Crippen LogP contribution is 2.25. The number of likely N-dealkylation sites (tertiary alicyclic amines) is 1. The second-order valence-corrected chi connectivity index (χ2v) is 9.03. The van der Waals surface area contributed by atoms with Crippen LogP contribution in [0.25, 0.3) is 17.2 Å². The van der Waals surface area contributed by atoms with Gasteiger partial charge in [0, 0.05) is 42.0 Å². The third kappa shape index (κ3) is 6.55. The Morgan fingerprint density at radius 3 is 2.30 bits per heavy atom. The van der Waals surface area contributed by atoms with Crippen molar-refractivity contribution in [3.63, 3.8) is 0 Å². The number of rotatable bonds is 5. The summed E-state index contributed by atoms with van der Waals surface area (Å²) in [6.07, 6.45) is 8.76. The van der Waals surface area contributed by atoms with Gasteiger partial charge >= 0.3 is 0 Å². The summed E-state index contributed by atoms with van der Waals surface area (Å²) in [6, 6.07) is 19.9. The molecule has 3 nitrogen and oxygen atoms in total. The molecule has 168 valence electrons. The topological polar surface area (TPSA) is 36.4 Å². The average Bonchev–Trinajstić information content (AvgIpc) is 2.86. The first-order valence-corrected chi connectivity index (χ1v) is 11.9. The van der Waals surface area contributed by atoms with Gasteiger partial charge in [-0.25, -0.2) is 4.98 Å². The molecular formula is C29H29ClN2O. The minimum absolute atomic E-state index is 0.453. The van der Waals surface area contributed by atoms with Gasteiger partial charge in [-0.1, -0.05) is 66.9 Å². The fraction of sp³-hybridized carbons (Fsp3) is 0.276. The van der Waals surface area contributed by atoms with Crippen LogP contribution in [0.15, 0.2) is 72.9 Å². The first kappa shape index (κ1) is 23.3. The normalized spacial score (nSPS) is 15.8. The van der Waals surface area contributed by atoms with E-state index in [9.17, 15) is 5.11 Å². The molecule has 1 aliphatic heterocycles. The molecule has 1 aromatic heterocycles. The molecule has 0 bridgehead atoms. The Morgan fingerprint density at radius 2 is 1.67 bits per heavy atom. The first-order chi connectivity index (χ1) is 16.0. The summed E-state index contributed by atoms with van der Waals surface area (Å²) in [5.74, 6) is 6.33. The van der Waals surface area contributed by atoms with Crippen LogP contribution in [0.5, 0.6) is 0 Å². The fourth-order valence-electron chi connectivity index (χ4n) is 3.94. The lowest BCUT2D eigenvalue weighted by molar-refractivity contribution is -0.0213. The van der Waals surface area contributed by atoms with Crippen molar-refractivity contribution in [2.24, 2.45) is 0 Å². The van der Waals surface area contributed by atoms with E-state index in [1.165, 1.54) is 0 Å². The predicted molar refractivity (Wildman–Crippen MR) is 137 cm³/mol. The molecule has 33 heavy (non-hydrogen) atoms. The van der Waals surface area contributed by atoms with Crippen molar-refractivity contribution in [2.75, 3.05) is 19.6 Å².